The first kappa shape index (κ1) is 17.2. The van der Waals surface area contributed by atoms with Gasteiger partial charge in [-0.3, -0.25) is 4.79 Å². The number of nitrogens with zero attached hydrogens (tertiary/aromatic N) is 2. The number of carbonyl (C=O) groups is 1. The number of benzene rings is 2. The second-order valence-electron chi connectivity index (χ2n) is 5.76. The molecule has 5 heteroatoms. The van der Waals surface area contributed by atoms with Gasteiger partial charge in [0, 0.05) is 35.9 Å². The van der Waals surface area contributed by atoms with E-state index in [1.54, 1.807) is 24.7 Å². The number of ether oxygens (including phenoxy) is 1. The predicted molar refractivity (Wildman–Crippen MR) is 98.4 cm³/mol. The molecule has 0 amide bonds. The van der Waals surface area contributed by atoms with Crippen molar-refractivity contribution in [3.63, 3.8) is 0 Å². The summed E-state index contributed by atoms with van der Waals surface area (Å²) in [5.41, 5.74) is 0.714. The Balaban J connectivity index is 1.47. The topological polar surface area (TPSA) is 44.1 Å². The van der Waals surface area contributed by atoms with Crippen LogP contribution in [0.1, 0.15) is 29.6 Å². The van der Waals surface area contributed by atoms with Crippen LogP contribution in [-0.2, 0) is 6.54 Å². The Hall–Kier alpha value is -2.59. The average molecular weight is 355 g/mol. The summed E-state index contributed by atoms with van der Waals surface area (Å²) in [6.45, 7) is 0.890. The molecule has 1 heterocycles. The maximum atomic E-state index is 12.2. The van der Waals surface area contributed by atoms with E-state index < -0.39 is 0 Å². The van der Waals surface area contributed by atoms with Gasteiger partial charge in [0.2, 0.25) is 0 Å². The standard InChI is InChI=1S/C20H19ClN2O2/c21-17-6-10-19(11-7-17)25-18-8-4-16(5-9-18)20(24)3-1-2-13-23-14-12-22-15-23/h4-12,14-15H,1-3,13H2. The molecule has 3 rings (SSSR count). The SMILES string of the molecule is O=C(CCCCn1ccnc1)c1ccc(Oc2ccc(Cl)cc2)cc1. The Morgan fingerprint density at radius 3 is 2.32 bits per heavy atom. The number of carbonyl (C=O) groups excluding carboxylic acids is 1. The van der Waals surface area contributed by atoms with Gasteiger partial charge in [0.25, 0.3) is 0 Å². The Bertz CT molecular complexity index is 797. The van der Waals surface area contributed by atoms with Crippen LogP contribution in [0.15, 0.2) is 67.3 Å². The van der Waals surface area contributed by atoms with Crippen LogP contribution in [-0.4, -0.2) is 15.3 Å². The van der Waals surface area contributed by atoms with Crippen molar-refractivity contribution in [2.45, 2.75) is 25.8 Å². The minimum atomic E-state index is 0.156. The number of hydrogen-bond donors (Lipinski definition) is 0. The molecule has 0 saturated heterocycles. The van der Waals surface area contributed by atoms with Crippen molar-refractivity contribution in [2.24, 2.45) is 0 Å². The van der Waals surface area contributed by atoms with Crippen LogP contribution in [0.25, 0.3) is 0 Å². The highest BCUT2D eigenvalue weighted by molar-refractivity contribution is 6.30. The number of aryl methyl sites for hydroxylation is 1. The molecule has 0 bridgehead atoms. The molecule has 0 unspecified atom stereocenters. The summed E-state index contributed by atoms with van der Waals surface area (Å²) in [5.74, 6) is 1.56. The fraction of sp³-hybridized carbons (Fsp3) is 0.200. The Labute approximate surface area is 152 Å². The Kier molecular flexibility index (Phi) is 5.86. The smallest absolute Gasteiger partial charge is 0.162 e. The summed E-state index contributed by atoms with van der Waals surface area (Å²) in [6, 6.07) is 14.4. The Morgan fingerprint density at radius 1 is 1.00 bits per heavy atom. The fourth-order valence-corrected chi connectivity index (χ4v) is 2.62. The highest BCUT2D eigenvalue weighted by Gasteiger charge is 2.06. The van der Waals surface area contributed by atoms with Gasteiger partial charge >= 0.3 is 0 Å². The first-order valence-corrected chi connectivity index (χ1v) is 8.61. The first-order valence-electron chi connectivity index (χ1n) is 8.23. The van der Waals surface area contributed by atoms with Crippen molar-refractivity contribution >= 4 is 17.4 Å². The molecular formula is C20H19ClN2O2. The number of halogens is 1. The molecule has 1 aromatic heterocycles. The second kappa shape index (κ2) is 8.49. The summed E-state index contributed by atoms with van der Waals surface area (Å²) in [5, 5.41) is 0.668. The van der Waals surface area contributed by atoms with E-state index in [9.17, 15) is 4.79 Å². The van der Waals surface area contributed by atoms with E-state index in [2.05, 4.69) is 4.98 Å². The summed E-state index contributed by atoms with van der Waals surface area (Å²) < 4.78 is 7.75. The van der Waals surface area contributed by atoms with Crippen LogP contribution >= 0.6 is 11.6 Å². The third-order valence-electron chi connectivity index (χ3n) is 3.85. The van der Waals surface area contributed by atoms with Crippen molar-refractivity contribution < 1.29 is 9.53 Å². The van der Waals surface area contributed by atoms with Gasteiger partial charge in [0.05, 0.1) is 6.33 Å². The van der Waals surface area contributed by atoms with Crippen molar-refractivity contribution in [1.82, 2.24) is 9.55 Å². The van der Waals surface area contributed by atoms with Gasteiger partial charge in [-0.2, -0.15) is 0 Å². The number of imidazole rings is 1. The lowest BCUT2D eigenvalue weighted by Crippen LogP contribution is -2.01. The summed E-state index contributed by atoms with van der Waals surface area (Å²) in [4.78, 5) is 16.2. The molecule has 25 heavy (non-hydrogen) atoms. The molecule has 0 fully saturated rings. The van der Waals surface area contributed by atoms with Crippen molar-refractivity contribution in [3.8, 4) is 11.5 Å². The van der Waals surface area contributed by atoms with E-state index in [4.69, 9.17) is 16.3 Å². The second-order valence-corrected chi connectivity index (χ2v) is 6.20. The van der Waals surface area contributed by atoms with Crippen LogP contribution < -0.4 is 4.74 Å². The highest BCUT2D eigenvalue weighted by Crippen LogP contribution is 2.23. The third kappa shape index (κ3) is 5.19. The average Bonchev–Trinajstić information content (AvgIpc) is 3.15. The summed E-state index contributed by atoms with van der Waals surface area (Å²) in [6.07, 6.45) is 7.85. The molecule has 4 nitrogen and oxygen atoms in total. The van der Waals surface area contributed by atoms with Gasteiger partial charge in [0.1, 0.15) is 11.5 Å². The summed E-state index contributed by atoms with van der Waals surface area (Å²) in [7, 11) is 0. The normalized spacial score (nSPS) is 10.6. The molecule has 0 aliphatic carbocycles. The van der Waals surface area contributed by atoms with Crippen LogP contribution in [0.5, 0.6) is 11.5 Å². The third-order valence-corrected chi connectivity index (χ3v) is 4.11. The van der Waals surface area contributed by atoms with Crippen molar-refractivity contribution in [1.29, 1.82) is 0 Å². The lowest BCUT2D eigenvalue weighted by atomic mass is 10.1. The van der Waals surface area contributed by atoms with Crippen LogP contribution in [0.3, 0.4) is 0 Å². The molecular weight excluding hydrogens is 336 g/mol. The molecule has 0 atom stereocenters. The lowest BCUT2D eigenvalue weighted by molar-refractivity contribution is 0.0979. The van der Waals surface area contributed by atoms with Crippen molar-refractivity contribution in [3.05, 3.63) is 77.8 Å². The molecule has 0 radical (unpaired) electrons. The zero-order valence-corrected chi connectivity index (χ0v) is 14.5. The predicted octanol–water partition coefficient (Wildman–Crippen LogP) is 5.38. The van der Waals surface area contributed by atoms with E-state index in [-0.39, 0.29) is 5.78 Å². The molecule has 0 saturated carbocycles. The quantitative estimate of drug-likeness (QED) is 0.403. The zero-order valence-electron chi connectivity index (χ0n) is 13.8. The van der Waals surface area contributed by atoms with Gasteiger partial charge in [-0.25, -0.2) is 4.98 Å². The lowest BCUT2D eigenvalue weighted by Gasteiger charge is -2.07. The first-order chi connectivity index (χ1) is 12.2. The van der Waals surface area contributed by atoms with Crippen LogP contribution in [0.4, 0.5) is 0 Å². The van der Waals surface area contributed by atoms with E-state index in [1.165, 1.54) is 0 Å². The number of ketones is 1. The van der Waals surface area contributed by atoms with Gasteiger partial charge in [-0.05, 0) is 61.4 Å². The van der Waals surface area contributed by atoms with E-state index in [1.807, 2.05) is 47.2 Å². The van der Waals surface area contributed by atoms with Gasteiger partial charge in [-0.15, -0.1) is 0 Å². The van der Waals surface area contributed by atoms with Gasteiger partial charge < -0.3 is 9.30 Å². The maximum absolute atomic E-state index is 12.2. The fourth-order valence-electron chi connectivity index (χ4n) is 2.49. The van der Waals surface area contributed by atoms with E-state index in [0.29, 0.717) is 28.5 Å². The minimum absolute atomic E-state index is 0.156. The molecule has 128 valence electrons. The summed E-state index contributed by atoms with van der Waals surface area (Å²) >= 11 is 5.85. The molecule has 2 aromatic carbocycles. The van der Waals surface area contributed by atoms with Crippen LogP contribution in [0, 0.1) is 0 Å². The Morgan fingerprint density at radius 2 is 1.68 bits per heavy atom. The van der Waals surface area contributed by atoms with Crippen LogP contribution in [0.2, 0.25) is 5.02 Å². The number of unbranched alkanes of at least 4 members (excludes halogenated alkanes) is 1. The molecule has 0 aliphatic heterocycles. The maximum Gasteiger partial charge on any atom is 0.162 e. The highest BCUT2D eigenvalue weighted by atomic mass is 35.5. The molecule has 0 aliphatic rings. The molecule has 3 aromatic rings. The monoisotopic (exact) mass is 354 g/mol. The van der Waals surface area contributed by atoms with E-state index in [0.717, 1.165) is 19.4 Å². The molecule has 0 spiro atoms. The minimum Gasteiger partial charge on any atom is -0.457 e. The largest absolute Gasteiger partial charge is 0.457 e. The number of Topliss-reactive ketones (excluding diaryl/α,β-unsaturated/α-hetero) is 1. The zero-order chi connectivity index (χ0) is 17.5. The molecule has 0 N–H and O–H groups in total. The van der Waals surface area contributed by atoms with Gasteiger partial charge in [0.15, 0.2) is 5.78 Å². The van der Waals surface area contributed by atoms with Crippen molar-refractivity contribution in [2.75, 3.05) is 0 Å². The number of aromatic nitrogens is 2. The number of rotatable bonds is 8. The van der Waals surface area contributed by atoms with Gasteiger partial charge in [-0.1, -0.05) is 11.6 Å². The number of hydrogen-bond acceptors (Lipinski definition) is 3. The van der Waals surface area contributed by atoms with E-state index >= 15 is 0 Å².